The van der Waals surface area contributed by atoms with Crippen LogP contribution in [0.4, 0.5) is 0 Å². The van der Waals surface area contributed by atoms with E-state index in [1.165, 1.54) is 0 Å². The molecule has 2 saturated carbocycles. The van der Waals surface area contributed by atoms with Gasteiger partial charge in [-0.05, 0) is 32.9 Å². The fraction of sp³-hybridized carbons (Fsp3) is 0.933. The van der Waals surface area contributed by atoms with E-state index in [9.17, 15) is 4.79 Å². The molecule has 3 rings (SSSR count). The maximum absolute atomic E-state index is 12.3. The molecule has 0 N–H and O–H groups in total. The molecule has 1 saturated heterocycles. The molecule has 0 bridgehead atoms. The predicted octanol–water partition coefficient (Wildman–Crippen LogP) is 1.69. The summed E-state index contributed by atoms with van der Waals surface area (Å²) in [5.74, 6) is 0.601. The lowest BCUT2D eigenvalue weighted by atomic mass is 9.62. The van der Waals surface area contributed by atoms with Crippen molar-refractivity contribution >= 4 is 5.78 Å². The summed E-state index contributed by atoms with van der Waals surface area (Å²) in [6.45, 7) is 4.55. The topological polar surface area (TPSA) is 38.8 Å². The van der Waals surface area contributed by atoms with Crippen LogP contribution in [0, 0.1) is 17.3 Å². The van der Waals surface area contributed by atoms with Gasteiger partial charge in [0.25, 0.3) is 0 Å². The minimum absolute atomic E-state index is 0.0120. The highest BCUT2D eigenvalue weighted by Gasteiger charge is 2.64. The Morgan fingerprint density at radius 2 is 1.95 bits per heavy atom. The van der Waals surface area contributed by atoms with Crippen molar-refractivity contribution in [3.05, 3.63) is 0 Å². The Kier molecular flexibility index (Phi) is 3.23. The summed E-state index contributed by atoms with van der Waals surface area (Å²) < 4.78 is 12.0. The molecule has 3 fully saturated rings. The highest BCUT2D eigenvalue weighted by atomic mass is 16.7. The van der Waals surface area contributed by atoms with Crippen LogP contribution in [0.1, 0.15) is 32.6 Å². The smallest absolute Gasteiger partial charge is 0.174 e. The summed E-state index contributed by atoms with van der Waals surface area (Å²) in [6.07, 6.45) is 3.60. The second-order valence-electron chi connectivity index (χ2n) is 6.85. The van der Waals surface area contributed by atoms with E-state index in [4.69, 9.17) is 9.47 Å². The molecule has 4 heteroatoms. The summed E-state index contributed by atoms with van der Waals surface area (Å²) in [6, 6.07) is 0. The molecule has 0 aromatic carbocycles. The summed E-state index contributed by atoms with van der Waals surface area (Å²) in [4.78, 5) is 14.4. The predicted molar refractivity (Wildman–Crippen MR) is 71.8 cm³/mol. The molecule has 0 amide bonds. The molecular formula is C15H25NO3. The van der Waals surface area contributed by atoms with Gasteiger partial charge in [0.05, 0.1) is 13.2 Å². The Labute approximate surface area is 115 Å². The third-order valence-electron chi connectivity index (χ3n) is 5.58. The van der Waals surface area contributed by atoms with Gasteiger partial charge in [-0.3, -0.25) is 4.79 Å². The van der Waals surface area contributed by atoms with Gasteiger partial charge in [0.2, 0.25) is 0 Å². The van der Waals surface area contributed by atoms with Gasteiger partial charge in [-0.1, -0.05) is 6.92 Å². The van der Waals surface area contributed by atoms with Crippen molar-refractivity contribution in [3.63, 3.8) is 0 Å². The van der Waals surface area contributed by atoms with Gasteiger partial charge >= 0.3 is 0 Å². The number of ether oxygens (including phenoxy) is 2. The largest absolute Gasteiger partial charge is 0.347 e. The van der Waals surface area contributed by atoms with Crippen molar-refractivity contribution < 1.29 is 14.3 Å². The quantitative estimate of drug-likeness (QED) is 0.763. The number of Topliss-reactive ketones (excluding diaryl/α,β-unsaturated/α-hetero) is 1. The van der Waals surface area contributed by atoms with Crippen LogP contribution in [-0.4, -0.2) is 50.3 Å². The van der Waals surface area contributed by atoms with Gasteiger partial charge in [-0.2, -0.15) is 0 Å². The molecule has 1 unspecified atom stereocenters. The van der Waals surface area contributed by atoms with Crippen molar-refractivity contribution in [2.24, 2.45) is 17.3 Å². The summed E-state index contributed by atoms with van der Waals surface area (Å²) in [7, 11) is 4.10. The molecule has 3 atom stereocenters. The summed E-state index contributed by atoms with van der Waals surface area (Å²) >= 11 is 0. The van der Waals surface area contributed by atoms with Gasteiger partial charge in [0, 0.05) is 30.7 Å². The number of carbonyl (C=O) groups excluding carboxylic acids is 1. The van der Waals surface area contributed by atoms with E-state index in [2.05, 4.69) is 11.8 Å². The highest BCUT2D eigenvalue weighted by molar-refractivity contribution is 5.82. The van der Waals surface area contributed by atoms with Gasteiger partial charge in [-0.25, -0.2) is 0 Å². The van der Waals surface area contributed by atoms with E-state index >= 15 is 0 Å². The number of fused-ring (bicyclic) bond motifs is 2. The highest BCUT2D eigenvalue weighted by Crippen LogP contribution is 2.61. The molecule has 19 heavy (non-hydrogen) atoms. The monoisotopic (exact) mass is 267 g/mol. The zero-order valence-corrected chi connectivity index (χ0v) is 12.3. The first-order valence-electron chi connectivity index (χ1n) is 7.44. The van der Waals surface area contributed by atoms with Crippen LogP contribution in [0.2, 0.25) is 0 Å². The van der Waals surface area contributed by atoms with Crippen molar-refractivity contribution in [3.8, 4) is 0 Å². The fourth-order valence-electron chi connectivity index (χ4n) is 4.60. The average molecular weight is 267 g/mol. The average Bonchev–Trinajstić information content (AvgIpc) is 2.93. The van der Waals surface area contributed by atoms with Crippen LogP contribution in [0.25, 0.3) is 0 Å². The number of hydrogen-bond donors (Lipinski definition) is 0. The first kappa shape index (κ1) is 13.5. The van der Waals surface area contributed by atoms with Crippen LogP contribution < -0.4 is 0 Å². The normalized spacial score (nSPS) is 41.2. The second-order valence-corrected chi connectivity index (χ2v) is 6.85. The maximum atomic E-state index is 12.3. The summed E-state index contributed by atoms with van der Waals surface area (Å²) in [5, 5.41) is 0. The minimum atomic E-state index is -0.400. The Morgan fingerprint density at radius 3 is 2.58 bits per heavy atom. The van der Waals surface area contributed by atoms with E-state index in [-0.39, 0.29) is 11.3 Å². The Morgan fingerprint density at radius 1 is 1.26 bits per heavy atom. The molecule has 3 aliphatic rings. The molecule has 108 valence electrons. The number of hydrogen-bond acceptors (Lipinski definition) is 4. The van der Waals surface area contributed by atoms with Crippen LogP contribution in [-0.2, 0) is 14.3 Å². The molecule has 1 spiro atoms. The second kappa shape index (κ2) is 4.54. The minimum Gasteiger partial charge on any atom is -0.347 e. The first-order valence-corrected chi connectivity index (χ1v) is 7.44. The van der Waals surface area contributed by atoms with Crippen LogP contribution in [0.15, 0.2) is 0 Å². The Hall–Kier alpha value is -0.450. The molecule has 0 aromatic rings. The van der Waals surface area contributed by atoms with Gasteiger partial charge < -0.3 is 14.4 Å². The van der Waals surface area contributed by atoms with E-state index in [1.54, 1.807) is 0 Å². The van der Waals surface area contributed by atoms with Gasteiger partial charge in [-0.15, -0.1) is 0 Å². The van der Waals surface area contributed by atoms with E-state index < -0.39 is 5.79 Å². The Balaban J connectivity index is 1.89. The van der Waals surface area contributed by atoms with Crippen LogP contribution in [0.3, 0.4) is 0 Å². The molecule has 2 aliphatic carbocycles. The summed E-state index contributed by atoms with van der Waals surface area (Å²) in [5.41, 5.74) is 0.0120. The van der Waals surface area contributed by atoms with Crippen LogP contribution >= 0.6 is 0 Å². The van der Waals surface area contributed by atoms with Crippen molar-refractivity contribution in [2.45, 2.75) is 38.4 Å². The molecule has 0 radical (unpaired) electrons. The molecular weight excluding hydrogens is 242 g/mol. The Bertz CT molecular complexity index is 376. The fourth-order valence-corrected chi connectivity index (χ4v) is 4.60. The molecule has 0 aromatic heterocycles. The number of carbonyl (C=O) groups is 1. The zero-order chi connectivity index (χ0) is 13.7. The van der Waals surface area contributed by atoms with E-state index in [1.807, 2.05) is 14.1 Å². The van der Waals surface area contributed by atoms with E-state index in [0.717, 1.165) is 25.8 Å². The zero-order valence-electron chi connectivity index (χ0n) is 12.3. The lowest BCUT2D eigenvalue weighted by Crippen LogP contribution is -2.53. The van der Waals surface area contributed by atoms with Crippen LogP contribution in [0.5, 0.6) is 0 Å². The lowest BCUT2D eigenvalue weighted by molar-refractivity contribution is -0.233. The van der Waals surface area contributed by atoms with Gasteiger partial charge in [0.1, 0.15) is 5.78 Å². The van der Waals surface area contributed by atoms with Crippen molar-refractivity contribution in [1.29, 1.82) is 0 Å². The van der Waals surface area contributed by atoms with Crippen molar-refractivity contribution in [1.82, 2.24) is 4.90 Å². The number of rotatable bonds is 2. The SMILES string of the molecule is CN(C)CC1C(=O)CC[C@]2(C)[C@@H]1CCC21OCCO1. The van der Waals surface area contributed by atoms with Gasteiger partial charge in [0.15, 0.2) is 5.79 Å². The molecule has 1 aliphatic heterocycles. The number of ketones is 1. The molecule has 1 heterocycles. The lowest BCUT2D eigenvalue weighted by Gasteiger charge is -2.48. The van der Waals surface area contributed by atoms with E-state index in [0.29, 0.717) is 31.3 Å². The molecule has 4 nitrogen and oxygen atoms in total. The third kappa shape index (κ3) is 1.88. The first-order chi connectivity index (χ1) is 8.98. The maximum Gasteiger partial charge on any atom is 0.174 e. The van der Waals surface area contributed by atoms with Crippen molar-refractivity contribution in [2.75, 3.05) is 33.9 Å². The standard InChI is InChI=1S/C15H25NO3/c1-14-6-5-13(17)11(10-16(2)3)12(14)4-7-15(14)18-8-9-19-15/h11-12H,4-10H2,1-3H3/t11?,12-,14-/m1/s1. The number of nitrogens with zero attached hydrogens (tertiary/aromatic N) is 1. The third-order valence-corrected chi connectivity index (χ3v) is 5.58.